The van der Waals surface area contributed by atoms with E-state index < -0.39 is 16.6 Å². The standard InChI is InChI=1S/C12H29NO2Si.C8H21NSi/c1-4-6-10-14-16(3,12-8-9-13)15-11-7-5-2;1-4-10(3,5-2)8-6-7-9/h4-13H2,1-3H3;4-9H2,1-3H3. The molecule has 26 heavy (non-hydrogen) atoms. The second kappa shape index (κ2) is 18.6. The number of hydrogen-bond donors (Lipinski definition) is 2. The van der Waals surface area contributed by atoms with Gasteiger partial charge in [0, 0.05) is 21.3 Å². The van der Waals surface area contributed by atoms with Crippen molar-refractivity contribution in [3.8, 4) is 0 Å². The molecule has 0 aromatic carbocycles. The van der Waals surface area contributed by atoms with Gasteiger partial charge in [-0.05, 0) is 51.4 Å². The molecule has 0 fully saturated rings. The topological polar surface area (TPSA) is 70.5 Å². The highest BCUT2D eigenvalue weighted by Gasteiger charge is 2.30. The van der Waals surface area contributed by atoms with Gasteiger partial charge in [-0.15, -0.1) is 0 Å². The monoisotopic (exact) mass is 406 g/mol. The predicted molar refractivity (Wildman–Crippen MR) is 123 cm³/mol. The summed E-state index contributed by atoms with van der Waals surface area (Å²) in [7, 11) is -2.72. The van der Waals surface area contributed by atoms with Gasteiger partial charge in [-0.25, -0.2) is 0 Å². The molecule has 0 aliphatic carbocycles. The molecule has 0 unspecified atom stereocenters. The van der Waals surface area contributed by atoms with Gasteiger partial charge in [-0.1, -0.05) is 65.2 Å². The van der Waals surface area contributed by atoms with Gasteiger partial charge in [0.2, 0.25) is 0 Å². The van der Waals surface area contributed by atoms with Crippen LogP contribution < -0.4 is 11.5 Å². The minimum Gasteiger partial charge on any atom is -0.394 e. The lowest BCUT2D eigenvalue weighted by molar-refractivity contribution is 0.168. The van der Waals surface area contributed by atoms with Crippen molar-refractivity contribution >= 4 is 16.6 Å². The second-order valence-electron chi connectivity index (χ2n) is 7.84. The number of nitrogens with two attached hydrogens (primary N) is 2. The summed E-state index contributed by atoms with van der Waals surface area (Å²) >= 11 is 0. The van der Waals surface area contributed by atoms with E-state index in [4.69, 9.17) is 20.3 Å². The summed E-state index contributed by atoms with van der Waals surface area (Å²) in [5.41, 5.74) is 11.0. The van der Waals surface area contributed by atoms with E-state index in [-0.39, 0.29) is 0 Å². The Bertz CT molecular complexity index is 281. The number of hydrogen-bond acceptors (Lipinski definition) is 4. The third kappa shape index (κ3) is 16.4. The first-order valence-corrected chi connectivity index (χ1v) is 16.7. The molecule has 0 spiro atoms. The van der Waals surface area contributed by atoms with Gasteiger partial charge in [0.1, 0.15) is 0 Å². The minimum atomic E-state index is -1.92. The first kappa shape index (κ1) is 28.5. The Morgan fingerprint density at radius 1 is 0.654 bits per heavy atom. The summed E-state index contributed by atoms with van der Waals surface area (Å²) in [5.74, 6) is 0. The lowest BCUT2D eigenvalue weighted by Gasteiger charge is -2.27. The van der Waals surface area contributed by atoms with Crippen molar-refractivity contribution in [1.82, 2.24) is 0 Å². The number of unbranched alkanes of at least 4 members (excludes halogenated alkanes) is 2. The molecule has 6 heteroatoms. The lowest BCUT2D eigenvalue weighted by Crippen LogP contribution is -2.39. The molecule has 4 nitrogen and oxygen atoms in total. The van der Waals surface area contributed by atoms with Crippen LogP contribution >= 0.6 is 0 Å². The van der Waals surface area contributed by atoms with Crippen molar-refractivity contribution in [3.63, 3.8) is 0 Å². The van der Waals surface area contributed by atoms with E-state index >= 15 is 0 Å². The molecule has 0 saturated carbocycles. The van der Waals surface area contributed by atoms with E-state index in [2.05, 4.69) is 40.8 Å². The summed E-state index contributed by atoms with van der Waals surface area (Å²) in [5, 5.41) is 0. The number of rotatable bonds is 16. The van der Waals surface area contributed by atoms with Crippen LogP contribution in [0.2, 0.25) is 37.3 Å². The maximum atomic E-state index is 5.98. The Morgan fingerprint density at radius 2 is 1.08 bits per heavy atom. The molecular weight excluding hydrogens is 356 g/mol. The van der Waals surface area contributed by atoms with Gasteiger partial charge in [0.25, 0.3) is 0 Å². The maximum absolute atomic E-state index is 5.98. The zero-order chi connectivity index (χ0) is 20.3. The third-order valence-electron chi connectivity index (χ3n) is 5.34. The fourth-order valence-corrected chi connectivity index (χ4v) is 7.24. The highest BCUT2D eigenvalue weighted by Crippen LogP contribution is 2.21. The van der Waals surface area contributed by atoms with Crippen molar-refractivity contribution in [3.05, 3.63) is 0 Å². The molecule has 0 aromatic heterocycles. The van der Waals surface area contributed by atoms with Crippen LogP contribution in [0.25, 0.3) is 0 Å². The predicted octanol–water partition coefficient (Wildman–Crippen LogP) is 5.49. The van der Waals surface area contributed by atoms with Gasteiger partial charge in [-0.3, -0.25) is 0 Å². The van der Waals surface area contributed by atoms with Crippen LogP contribution in [0.5, 0.6) is 0 Å². The average molecular weight is 407 g/mol. The normalized spacial score (nSPS) is 12.0. The van der Waals surface area contributed by atoms with E-state index in [9.17, 15) is 0 Å². The van der Waals surface area contributed by atoms with Gasteiger partial charge >= 0.3 is 8.56 Å². The van der Waals surface area contributed by atoms with Crippen molar-refractivity contribution in [2.24, 2.45) is 11.5 Å². The van der Waals surface area contributed by atoms with E-state index in [1.54, 1.807) is 0 Å². The summed E-state index contributed by atoms with van der Waals surface area (Å²) in [6.07, 6.45) is 6.86. The first-order valence-electron chi connectivity index (χ1n) is 11.0. The quantitative estimate of drug-likeness (QED) is 0.262. The Morgan fingerprint density at radius 3 is 1.42 bits per heavy atom. The average Bonchev–Trinajstić information content (AvgIpc) is 2.65. The Hall–Kier alpha value is 0.274. The lowest BCUT2D eigenvalue weighted by atomic mass is 10.4. The Kier molecular flexibility index (Phi) is 20.4. The Balaban J connectivity index is 0. The minimum absolute atomic E-state index is 0.733. The molecule has 0 saturated heterocycles. The molecule has 0 radical (unpaired) electrons. The summed E-state index contributed by atoms with van der Waals surface area (Å²) in [6.45, 7) is 17.0. The zero-order valence-corrected chi connectivity index (χ0v) is 20.9. The second-order valence-corrected chi connectivity index (χ2v) is 16.7. The highest BCUT2D eigenvalue weighted by molar-refractivity contribution is 6.78. The van der Waals surface area contributed by atoms with Crippen molar-refractivity contribution in [2.45, 2.75) is 103 Å². The molecule has 0 aromatic rings. The van der Waals surface area contributed by atoms with Crippen LogP contribution in [0.3, 0.4) is 0 Å². The maximum Gasteiger partial charge on any atom is 0.334 e. The first-order chi connectivity index (χ1) is 12.4. The molecule has 0 heterocycles. The van der Waals surface area contributed by atoms with Crippen LogP contribution in [0.4, 0.5) is 0 Å². The third-order valence-corrected chi connectivity index (χ3v) is 13.2. The summed E-state index contributed by atoms with van der Waals surface area (Å²) in [6, 6.07) is 5.29. The van der Waals surface area contributed by atoms with E-state index in [0.29, 0.717) is 0 Å². The molecule has 4 N–H and O–H groups in total. The fraction of sp³-hybridized carbons (Fsp3) is 1.00. The van der Waals surface area contributed by atoms with E-state index in [0.717, 1.165) is 51.6 Å². The molecule has 0 rings (SSSR count). The van der Waals surface area contributed by atoms with Gasteiger partial charge < -0.3 is 20.3 Å². The summed E-state index contributed by atoms with van der Waals surface area (Å²) in [4.78, 5) is 0. The molecule has 0 aliphatic heterocycles. The molecule has 0 atom stereocenters. The van der Waals surface area contributed by atoms with Crippen LogP contribution in [0, 0.1) is 0 Å². The van der Waals surface area contributed by atoms with Crippen LogP contribution in [0.1, 0.15) is 66.2 Å². The van der Waals surface area contributed by atoms with Gasteiger partial charge in [0.05, 0.1) is 0 Å². The van der Waals surface area contributed by atoms with Crippen molar-refractivity contribution < 1.29 is 8.85 Å². The van der Waals surface area contributed by atoms with Crippen molar-refractivity contribution in [2.75, 3.05) is 26.3 Å². The largest absolute Gasteiger partial charge is 0.394 e. The molecule has 160 valence electrons. The Labute approximate surface area is 167 Å². The van der Waals surface area contributed by atoms with Gasteiger partial charge in [0.15, 0.2) is 0 Å². The van der Waals surface area contributed by atoms with Gasteiger partial charge in [-0.2, -0.15) is 0 Å². The summed E-state index contributed by atoms with van der Waals surface area (Å²) < 4.78 is 12.0. The smallest absolute Gasteiger partial charge is 0.334 e. The molecule has 0 bridgehead atoms. The van der Waals surface area contributed by atoms with E-state index in [1.165, 1.54) is 37.4 Å². The van der Waals surface area contributed by atoms with E-state index in [1.807, 2.05) is 0 Å². The zero-order valence-electron chi connectivity index (χ0n) is 18.9. The fourth-order valence-electron chi connectivity index (χ4n) is 2.61. The van der Waals surface area contributed by atoms with Crippen molar-refractivity contribution in [1.29, 1.82) is 0 Å². The highest BCUT2D eigenvalue weighted by atomic mass is 28.4. The van der Waals surface area contributed by atoms with Crippen LogP contribution in [-0.2, 0) is 8.85 Å². The molecule has 0 amide bonds. The molecule has 0 aliphatic rings. The van der Waals surface area contributed by atoms with Crippen LogP contribution in [0.15, 0.2) is 0 Å². The van der Waals surface area contributed by atoms with Crippen LogP contribution in [-0.4, -0.2) is 42.9 Å². The SMILES string of the molecule is CCCCO[Si](C)(CCCN)OCCCC.CC[Si](C)(CC)CCCN. The molecular formula is C20H50N2O2Si2.